The molecule has 168 valence electrons. The van der Waals surface area contributed by atoms with Gasteiger partial charge in [-0.1, -0.05) is 42.1 Å². The van der Waals surface area contributed by atoms with Crippen LogP contribution in [0.25, 0.3) is 0 Å². The van der Waals surface area contributed by atoms with E-state index in [9.17, 15) is 9.59 Å². The highest BCUT2D eigenvalue weighted by atomic mass is 32.2. The minimum absolute atomic E-state index is 0.140. The van der Waals surface area contributed by atoms with Gasteiger partial charge in [0.2, 0.25) is 5.91 Å². The number of hydrogen-bond donors (Lipinski definition) is 2. The summed E-state index contributed by atoms with van der Waals surface area (Å²) in [4.78, 5) is 27.2. The molecule has 2 heterocycles. The highest BCUT2D eigenvalue weighted by molar-refractivity contribution is 8.00. The summed E-state index contributed by atoms with van der Waals surface area (Å²) in [5.74, 6) is -0.140. The molecule has 1 amide bonds. The highest BCUT2D eigenvalue weighted by Gasteiger charge is 2.19. The maximum Gasteiger partial charge on any atom is 0.343 e. The third kappa shape index (κ3) is 5.60. The fourth-order valence-electron chi connectivity index (χ4n) is 3.51. The van der Waals surface area contributed by atoms with E-state index in [1.54, 1.807) is 4.57 Å². The predicted octanol–water partition coefficient (Wildman–Crippen LogP) is 2.77. The number of ether oxygens (including phenoxy) is 1. The van der Waals surface area contributed by atoms with Gasteiger partial charge in [0, 0.05) is 31.0 Å². The number of morpholine rings is 1. The molecule has 0 radical (unpaired) electrons. The Bertz CT molecular complexity index is 1080. The molecule has 3 aromatic rings. The third-order valence-electron chi connectivity index (χ3n) is 5.35. The van der Waals surface area contributed by atoms with Gasteiger partial charge in [0.25, 0.3) is 0 Å². The largest absolute Gasteiger partial charge is 0.378 e. The lowest BCUT2D eigenvalue weighted by atomic mass is 10.1. The van der Waals surface area contributed by atoms with Crippen molar-refractivity contribution in [3.8, 4) is 0 Å². The van der Waals surface area contributed by atoms with Crippen LogP contribution in [-0.2, 0) is 22.5 Å². The Kier molecular flexibility index (Phi) is 7.28. The van der Waals surface area contributed by atoms with Crippen LogP contribution in [0.1, 0.15) is 12.5 Å². The quantitative estimate of drug-likeness (QED) is 0.510. The Morgan fingerprint density at radius 2 is 1.88 bits per heavy atom. The SMILES string of the molecule is CC(Sc1n[nH]c(=O)n1CCc1ccccc1)C(=O)Nc1ccc(N2CCOCC2)cc1. The molecule has 2 aromatic carbocycles. The van der Waals surface area contributed by atoms with Gasteiger partial charge >= 0.3 is 5.69 Å². The maximum absolute atomic E-state index is 12.7. The lowest BCUT2D eigenvalue weighted by Crippen LogP contribution is -2.36. The zero-order valence-corrected chi connectivity index (χ0v) is 18.8. The summed E-state index contributed by atoms with van der Waals surface area (Å²) in [7, 11) is 0. The first-order valence-electron chi connectivity index (χ1n) is 10.7. The molecule has 2 N–H and O–H groups in total. The monoisotopic (exact) mass is 453 g/mol. The Morgan fingerprint density at radius 1 is 1.16 bits per heavy atom. The van der Waals surface area contributed by atoms with E-state index in [4.69, 9.17) is 4.74 Å². The number of benzene rings is 2. The smallest absolute Gasteiger partial charge is 0.343 e. The number of carbonyl (C=O) groups excluding carboxylic acids is 1. The number of carbonyl (C=O) groups is 1. The molecule has 1 aliphatic rings. The molecule has 1 fully saturated rings. The van der Waals surface area contributed by atoms with Gasteiger partial charge in [0.05, 0.1) is 18.5 Å². The molecule has 0 saturated carbocycles. The van der Waals surface area contributed by atoms with E-state index in [1.165, 1.54) is 11.8 Å². The second-order valence-electron chi connectivity index (χ2n) is 7.59. The van der Waals surface area contributed by atoms with E-state index in [0.717, 1.165) is 43.2 Å². The lowest BCUT2D eigenvalue weighted by molar-refractivity contribution is -0.115. The first kappa shape index (κ1) is 22.2. The molecule has 1 aromatic heterocycles. The van der Waals surface area contributed by atoms with Crippen molar-refractivity contribution >= 4 is 29.0 Å². The number of hydrogen-bond acceptors (Lipinski definition) is 6. The predicted molar refractivity (Wildman–Crippen MR) is 126 cm³/mol. The number of rotatable bonds is 8. The molecular formula is C23H27N5O3S. The zero-order chi connectivity index (χ0) is 22.3. The van der Waals surface area contributed by atoms with Gasteiger partial charge in [-0.05, 0) is 43.2 Å². The second kappa shape index (κ2) is 10.5. The lowest BCUT2D eigenvalue weighted by Gasteiger charge is -2.28. The van der Waals surface area contributed by atoms with Crippen molar-refractivity contribution in [2.24, 2.45) is 0 Å². The van der Waals surface area contributed by atoms with E-state index in [0.29, 0.717) is 18.1 Å². The first-order valence-corrected chi connectivity index (χ1v) is 11.6. The van der Waals surface area contributed by atoms with Gasteiger partial charge in [-0.2, -0.15) is 0 Å². The van der Waals surface area contributed by atoms with Gasteiger partial charge in [0.15, 0.2) is 5.16 Å². The molecule has 8 nitrogen and oxygen atoms in total. The Balaban J connectivity index is 1.34. The number of H-pyrrole nitrogens is 1. The molecule has 1 atom stereocenters. The molecule has 1 unspecified atom stereocenters. The summed E-state index contributed by atoms with van der Waals surface area (Å²) in [6.07, 6.45) is 0.712. The normalized spacial score (nSPS) is 14.8. The van der Waals surface area contributed by atoms with Crippen molar-refractivity contribution in [2.75, 3.05) is 36.5 Å². The number of nitrogens with zero attached hydrogens (tertiary/aromatic N) is 3. The minimum atomic E-state index is -0.417. The zero-order valence-electron chi connectivity index (χ0n) is 18.0. The fraction of sp³-hybridized carbons (Fsp3) is 0.348. The average Bonchev–Trinajstić information content (AvgIpc) is 3.18. The number of thioether (sulfide) groups is 1. The molecule has 32 heavy (non-hydrogen) atoms. The fourth-order valence-corrected chi connectivity index (χ4v) is 4.39. The van der Waals surface area contributed by atoms with Crippen LogP contribution in [0.3, 0.4) is 0 Å². The van der Waals surface area contributed by atoms with Crippen LogP contribution in [0.4, 0.5) is 11.4 Å². The molecular weight excluding hydrogens is 426 g/mol. The molecule has 1 aliphatic heterocycles. The van der Waals surface area contributed by atoms with Crippen LogP contribution in [0.15, 0.2) is 64.5 Å². The van der Waals surface area contributed by atoms with Gasteiger partial charge in [-0.3, -0.25) is 9.36 Å². The Hall–Kier alpha value is -3.04. The number of aromatic nitrogens is 3. The van der Waals surface area contributed by atoms with Crippen molar-refractivity contribution in [3.05, 3.63) is 70.6 Å². The Morgan fingerprint density at radius 3 is 2.59 bits per heavy atom. The molecule has 4 rings (SSSR count). The number of aromatic amines is 1. The van der Waals surface area contributed by atoms with Crippen LogP contribution in [0, 0.1) is 0 Å². The van der Waals surface area contributed by atoms with Gasteiger partial charge in [0.1, 0.15) is 0 Å². The Labute approximate surface area is 191 Å². The minimum Gasteiger partial charge on any atom is -0.378 e. The summed E-state index contributed by atoms with van der Waals surface area (Å²) in [5, 5.41) is 9.65. The summed E-state index contributed by atoms with van der Waals surface area (Å²) in [6, 6.07) is 17.8. The van der Waals surface area contributed by atoms with Crippen molar-refractivity contribution < 1.29 is 9.53 Å². The number of aryl methyl sites for hydroxylation is 1. The molecule has 0 spiro atoms. The van der Waals surface area contributed by atoms with E-state index in [-0.39, 0.29) is 11.6 Å². The molecule has 9 heteroatoms. The summed E-state index contributed by atoms with van der Waals surface area (Å²) < 4.78 is 6.97. The highest BCUT2D eigenvalue weighted by Crippen LogP contribution is 2.23. The van der Waals surface area contributed by atoms with E-state index in [1.807, 2.05) is 61.5 Å². The molecule has 0 bridgehead atoms. The third-order valence-corrected chi connectivity index (χ3v) is 6.44. The van der Waals surface area contributed by atoms with Crippen LogP contribution in [0.5, 0.6) is 0 Å². The van der Waals surface area contributed by atoms with Crippen LogP contribution in [-0.4, -0.2) is 52.2 Å². The number of nitrogens with one attached hydrogen (secondary N) is 2. The first-order chi connectivity index (χ1) is 15.6. The van der Waals surface area contributed by atoms with Crippen molar-refractivity contribution in [3.63, 3.8) is 0 Å². The van der Waals surface area contributed by atoms with Crippen molar-refractivity contribution in [1.82, 2.24) is 14.8 Å². The van der Waals surface area contributed by atoms with Crippen LogP contribution >= 0.6 is 11.8 Å². The second-order valence-corrected chi connectivity index (χ2v) is 8.90. The van der Waals surface area contributed by atoms with E-state index in [2.05, 4.69) is 20.4 Å². The molecule has 0 aliphatic carbocycles. The van der Waals surface area contributed by atoms with Gasteiger partial charge in [-0.15, -0.1) is 5.10 Å². The van der Waals surface area contributed by atoms with Crippen molar-refractivity contribution in [1.29, 1.82) is 0 Å². The summed E-state index contributed by atoms with van der Waals surface area (Å²) >= 11 is 1.27. The van der Waals surface area contributed by atoms with Crippen molar-refractivity contribution in [2.45, 2.75) is 30.3 Å². The van der Waals surface area contributed by atoms with E-state index < -0.39 is 5.25 Å². The number of anilines is 2. The maximum atomic E-state index is 12.7. The standard InChI is InChI=1S/C23H27N5O3S/c1-17(21(29)24-19-7-9-20(10-8-19)27-13-15-31-16-14-27)32-23-26-25-22(30)28(23)12-11-18-5-3-2-4-6-18/h2-10,17H,11-16H2,1H3,(H,24,29)(H,25,30). The summed E-state index contributed by atoms with van der Waals surface area (Å²) in [5.41, 5.74) is 2.73. The average molecular weight is 454 g/mol. The topological polar surface area (TPSA) is 92.2 Å². The van der Waals surface area contributed by atoms with Crippen LogP contribution < -0.4 is 15.9 Å². The number of amides is 1. The molecule has 1 saturated heterocycles. The van der Waals surface area contributed by atoms with E-state index >= 15 is 0 Å². The van der Waals surface area contributed by atoms with Gasteiger partial charge in [-0.25, -0.2) is 9.89 Å². The summed E-state index contributed by atoms with van der Waals surface area (Å²) in [6.45, 7) is 5.51. The van der Waals surface area contributed by atoms with Crippen LogP contribution in [0.2, 0.25) is 0 Å². The van der Waals surface area contributed by atoms with Gasteiger partial charge < -0.3 is 15.0 Å².